The van der Waals surface area contributed by atoms with E-state index in [0.717, 1.165) is 0 Å². The van der Waals surface area contributed by atoms with Crippen molar-refractivity contribution in [1.82, 2.24) is 0 Å². The summed E-state index contributed by atoms with van der Waals surface area (Å²) in [7, 11) is 0. The maximum atomic E-state index is 8.67. The molecular weight excluding hydrogens is 105 g/mol. The van der Waals surface area contributed by atoms with E-state index in [4.69, 9.17) is 10.1 Å². The monoisotopic (exact) mass is 105 g/mol. The van der Waals surface area contributed by atoms with Crippen LogP contribution in [0.1, 0.15) is 0 Å². The van der Waals surface area contributed by atoms with Crippen LogP contribution in [0, 0.1) is 10.1 Å². The van der Waals surface area contributed by atoms with Crippen molar-refractivity contribution in [2.75, 3.05) is 0 Å². The molecule has 0 heterocycles. The van der Waals surface area contributed by atoms with Gasteiger partial charge in [0.25, 0.3) is 0 Å². The summed E-state index contributed by atoms with van der Waals surface area (Å²) in [4.78, 5) is 8.67. The molecule has 0 unspecified atom stereocenters. The number of hydrogen-bond donors (Lipinski definition) is 0. The molecule has 0 aromatic heterocycles. The minimum atomic E-state index is -0.812. The second kappa shape index (κ2) is 1.25. The van der Waals surface area contributed by atoms with Crippen LogP contribution in [0.4, 0.5) is 0 Å². The Hall–Kier alpha value is -0.0935. The number of nitro groups is 1. The molecule has 0 amide bonds. The number of hydrogen-bond acceptors (Lipinski definition) is 2. The SMILES string of the molecule is O=[N+]([O-])[Co]. The van der Waals surface area contributed by atoms with Gasteiger partial charge in [-0.15, -0.1) is 0 Å². The van der Waals surface area contributed by atoms with Gasteiger partial charge in [-0.25, -0.2) is 0 Å². The first-order valence-corrected chi connectivity index (χ1v) is 0.980. The molecule has 0 N–H and O–H groups in total. The molecular formula is CoNO2. The van der Waals surface area contributed by atoms with Crippen LogP contribution in [-0.2, 0) is 16.0 Å². The van der Waals surface area contributed by atoms with Crippen LogP contribution in [0.15, 0.2) is 0 Å². The molecule has 0 saturated carbocycles. The first-order valence-electron chi connectivity index (χ1n) is 0.514. The Morgan fingerprint density at radius 1 is 2.00 bits per heavy atom. The van der Waals surface area contributed by atoms with E-state index in [9.17, 15) is 0 Å². The quantitative estimate of drug-likeness (QED) is 0.314. The standard InChI is InChI=1S/Co.NO2/c;2-1-3. The zero-order chi connectivity index (χ0) is 3.58. The van der Waals surface area contributed by atoms with Gasteiger partial charge in [0.15, 0.2) is 0 Å². The van der Waals surface area contributed by atoms with Crippen molar-refractivity contribution >= 4 is 0 Å². The Balaban J connectivity index is 2.80. The van der Waals surface area contributed by atoms with E-state index in [1.54, 1.807) is 0 Å². The molecule has 0 bridgehead atoms. The van der Waals surface area contributed by atoms with Crippen molar-refractivity contribution in [1.29, 1.82) is 0 Å². The Kier molecular flexibility index (Phi) is 1.22. The van der Waals surface area contributed by atoms with E-state index in [0.29, 0.717) is 0 Å². The molecule has 0 fully saturated rings. The molecule has 0 saturated heterocycles. The molecule has 0 aromatic carbocycles. The summed E-state index contributed by atoms with van der Waals surface area (Å²) < 4.78 is -0.812. The Morgan fingerprint density at radius 2 is 2.00 bits per heavy atom. The first-order chi connectivity index (χ1) is 1.73. The second-order valence-corrected chi connectivity index (χ2v) is 0.576. The maximum absolute atomic E-state index is 8.67. The van der Waals surface area contributed by atoms with E-state index in [-0.39, 0.29) is 0 Å². The third kappa shape index (κ3) is 179. The van der Waals surface area contributed by atoms with Gasteiger partial charge in [0.05, 0.1) is 0 Å². The third-order valence-electron chi connectivity index (χ3n) is 0. The normalized spacial score (nSPS) is 6.50. The topological polar surface area (TPSA) is 43.1 Å². The minimum absolute atomic E-state index is 0.812. The van der Waals surface area contributed by atoms with Crippen molar-refractivity contribution in [3.8, 4) is 0 Å². The van der Waals surface area contributed by atoms with Crippen molar-refractivity contribution in [2.24, 2.45) is 0 Å². The molecule has 0 spiro atoms. The van der Waals surface area contributed by atoms with E-state index in [1.807, 2.05) is 0 Å². The van der Waals surface area contributed by atoms with Crippen molar-refractivity contribution in [3.63, 3.8) is 0 Å². The molecule has 0 atom stereocenters. The van der Waals surface area contributed by atoms with E-state index < -0.39 is 3.97 Å². The van der Waals surface area contributed by atoms with Crippen LogP contribution in [0.2, 0.25) is 0 Å². The second-order valence-electron chi connectivity index (χ2n) is 0.196. The molecule has 0 aromatic rings. The molecule has 0 aliphatic heterocycles. The summed E-state index contributed by atoms with van der Waals surface area (Å²) in [5.41, 5.74) is 0. The van der Waals surface area contributed by atoms with E-state index >= 15 is 0 Å². The number of nitrogens with zero attached hydrogens (tertiary/aromatic N) is 1. The molecule has 4 heteroatoms. The van der Waals surface area contributed by atoms with Crippen LogP contribution in [0.5, 0.6) is 0 Å². The average Bonchev–Trinajstić information content (AvgIpc) is 0.811. The van der Waals surface area contributed by atoms with Crippen LogP contribution in [-0.4, -0.2) is 3.97 Å². The summed E-state index contributed by atoms with van der Waals surface area (Å²) >= 11 is 2.73. The van der Waals surface area contributed by atoms with Crippen LogP contribution in [0.25, 0.3) is 0 Å². The van der Waals surface area contributed by atoms with Crippen molar-refractivity contribution in [3.05, 3.63) is 10.1 Å². The van der Waals surface area contributed by atoms with Gasteiger partial charge in [-0.2, -0.15) is 0 Å². The predicted octanol–water partition coefficient (Wildman–Crippen LogP) is -0.275. The molecule has 0 aliphatic rings. The number of rotatable bonds is 0. The van der Waals surface area contributed by atoms with Gasteiger partial charge in [0.1, 0.15) is 0 Å². The van der Waals surface area contributed by atoms with Crippen LogP contribution in [0.3, 0.4) is 0 Å². The molecule has 26 valence electrons. The Morgan fingerprint density at radius 3 is 2.00 bits per heavy atom. The summed E-state index contributed by atoms with van der Waals surface area (Å²) in [6, 6.07) is 0. The Bertz CT molecular complexity index is 29.0. The van der Waals surface area contributed by atoms with Gasteiger partial charge in [0.2, 0.25) is 0 Å². The molecule has 3 nitrogen and oxygen atoms in total. The van der Waals surface area contributed by atoms with Gasteiger partial charge < -0.3 is 0 Å². The summed E-state index contributed by atoms with van der Waals surface area (Å²) in [5, 5.41) is 8.67. The molecule has 0 radical (unpaired) electrons. The van der Waals surface area contributed by atoms with Gasteiger partial charge in [-0.3, -0.25) is 0 Å². The Labute approximate surface area is 30.9 Å². The summed E-state index contributed by atoms with van der Waals surface area (Å²) in [5.74, 6) is 0. The molecule has 0 rings (SSSR count). The summed E-state index contributed by atoms with van der Waals surface area (Å²) in [6.45, 7) is 0. The van der Waals surface area contributed by atoms with Crippen LogP contribution >= 0.6 is 0 Å². The predicted molar refractivity (Wildman–Crippen MR) is 6.99 cm³/mol. The van der Waals surface area contributed by atoms with E-state index in [2.05, 4.69) is 16.0 Å². The van der Waals surface area contributed by atoms with Gasteiger partial charge in [-0.05, 0) is 0 Å². The zero-order valence-electron chi connectivity index (χ0n) is 1.60. The fraction of sp³-hybridized carbons (Fsp3) is 0. The molecule has 4 heavy (non-hydrogen) atoms. The van der Waals surface area contributed by atoms with E-state index in [1.165, 1.54) is 0 Å². The zero-order valence-corrected chi connectivity index (χ0v) is 2.64. The third-order valence-corrected chi connectivity index (χ3v) is 0. The fourth-order valence-electron chi connectivity index (χ4n) is 0. The van der Waals surface area contributed by atoms with Gasteiger partial charge in [0, 0.05) is 0 Å². The van der Waals surface area contributed by atoms with Gasteiger partial charge in [-0.1, -0.05) is 0 Å². The molecule has 0 aliphatic carbocycles. The van der Waals surface area contributed by atoms with Gasteiger partial charge >= 0.3 is 30.0 Å². The van der Waals surface area contributed by atoms with Crippen molar-refractivity contribution < 1.29 is 19.9 Å². The van der Waals surface area contributed by atoms with Crippen molar-refractivity contribution in [2.45, 2.75) is 0 Å². The average molecular weight is 105 g/mol. The first kappa shape index (κ1) is 3.91. The van der Waals surface area contributed by atoms with Crippen LogP contribution < -0.4 is 0 Å². The summed E-state index contributed by atoms with van der Waals surface area (Å²) in [6.07, 6.45) is 0. The fourth-order valence-corrected chi connectivity index (χ4v) is 0.